The van der Waals surface area contributed by atoms with Gasteiger partial charge < -0.3 is 15.2 Å². The number of hydrogen-bond donors (Lipinski definition) is 1. The van der Waals surface area contributed by atoms with Gasteiger partial charge >= 0.3 is 0 Å². The second kappa shape index (κ2) is 6.28. The van der Waals surface area contributed by atoms with Crippen molar-refractivity contribution in [2.24, 2.45) is 0 Å². The summed E-state index contributed by atoms with van der Waals surface area (Å²) in [7, 11) is 0. The van der Waals surface area contributed by atoms with Crippen LogP contribution in [-0.4, -0.2) is 6.61 Å². The summed E-state index contributed by atoms with van der Waals surface area (Å²) in [6.07, 6.45) is 0. The summed E-state index contributed by atoms with van der Waals surface area (Å²) in [6.45, 7) is 4.52. The van der Waals surface area contributed by atoms with Gasteiger partial charge in [-0.05, 0) is 55.8 Å². The topological polar surface area (TPSA) is 44.5 Å². The van der Waals surface area contributed by atoms with Crippen molar-refractivity contribution in [3.8, 4) is 11.5 Å². The van der Waals surface area contributed by atoms with Crippen LogP contribution in [-0.2, 0) is 6.61 Å². The molecule has 0 bridgehead atoms. The third kappa shape index (κ3) is 3.41. The lowest BCUT2D eigenvalue weighted by Crippen LogP contribution is -2.02. The molecule has 0 atom stereocenters. The molecule has 3 nitrogen and oxygen atoms in total. The quantitative estimate of drug-likeness (QED) is 0.846. The van der Waals surface area contributed by atoms with E-state index in [1.807, 2.05) is 19.1 Å². The first kappa shape index (κ1) is 14.2. The van der Waals surface area contributed by atoms with E-state index < -0.39 is 0 Å². The molecular weight excluding hydrogens is 257 g/mol. The number of aryl methyl sites for hydroxylation is 1. The van der Waals surface area contributed by atoms with E-state index in [0.717, 1.165) is 11.3 Å². The highest BCUT2D eigenvalue weighted by Gasteiger charge is 2.06. The highest BCUT2D eigenvalue weighted by atomic mass is 19.1. The van der Waals surface area contributed by atoms with E-state index in [4.69, 9.17) is 15.2 Å². The number of rotatable bonds is 5. The maximum atomic E-state index is 13.2. The van der Waals surface area contributed by atoms with Crippen molar-refractivity contribution in [2.75, 3.05) is 12.3 Å². The average Bonchev–Trinajstić information content (AvgIpc) is 2.43. The largest absolute Gasteiger partial charge is 0.493 e. The zero-order valence-corrected chi connectivity index (χ0v) is 11.7. The van der Waals surface area contributed by atoms with Gasteiger partial charge in [-0.3, -0.25) is 0 Å². The number of nitrogen functional groups attached to an aromatic ring is 1. The first-order valence-corrected chi connectivity index (χ1v) is 6.50. The molecule has 2 rings (SSSR count). The Bertz CT molecular complexity index is 599. The summed E-state index contributed by atoms with van der Waals surface area (Å²) in [5.74, 6) is 1.13. The van der Waals surface area contributed by atoms with Gasteiger partial charge in [-0.25, -0.2) is 4.39 Å². The zero-order valence-electron chi connectivity index (χ0n) is 11.7. The lowest BCUT2D eigenvalue weighted by molar-refractivity contribution is 0.286. The predicted molar refractivity (Wildman–Crippen MR) is 77.5 cm³/mol. The van der Waals surface area contributed by atoms with Gasteiger partial charge in [0.2, 0.25) is 0 Å². The van der Waals surface area contributed by atoms with Crippen molar-refractivity contribution < 1.29 is 13.9 Å². The van der Waals surface area contributed by atoms with Crippen LogP contribution in [0.25, 0.3) is 0 Å². The monoisotopic (exact) mass is 275 g/mol. The van der Waals surface area contributed by atoms with E-state index in [1.54, 1.807) is 25.1 Å². The molecular formula is C16H18FNO2. The Hall–Kier alpha value is -2.23. The minimum Gasteiger partial charge on any atom is -0.493 e. The lowest BCUT2D eigenvalue weighted by Gasteiger charge is -2.12. The summed E-state index contributed by atoms with van der Waals surface area (Å²) in [6, 6.07) is 10.1. The van der Waals surface area contributed by atoms with Crippen molar-refractivity contribution in [2.45, 2.75) is 20.5 Å². The summed E-state index contributed by atoms with van der Waals surface area (Å²) in [5.41, 5.74) is 7.86. The number of halogens is 1. The molecule has 0 aliphatic carbocycles. The van der Waals surface area contributed by atoms with Crippen LogP contribution in [0.2, 0.25) is 0 Å². The van der Waals surface area contributed by atoms with E-state index in [2.05, 4.69) is 0 Å². The second-order valence-electron chi connectivity index (χ2n) is 4.50. The standard InChI is InChI=1S/C16H18FNO2/c1-3-19-16-7-4-13(18)9-12(16)10-20-14-5-6-15(17)11(2)8-14/h4-9H,3,10,18H2,1-2H3. The summed E-state index contributed by atoms with van der Waals surface area (Å²) < 4.78 is 24.4. The highest BCUT2D eigenvalue weighted by molar-refractivity contribution is 5.47. The van der Waals surface area contributed by atoms with Crippen molar-refractivity contribution in [1.82, 2.24) is 0 Å². The Labute approximate surface area is 118 Å². The van der Waals surface area contributed by atoms with Gasteiger partial charge in [-0.2, -0.15) is 0 Å². The fourth-order valence-electron chi connectivity index (χ4n) is 1.88. The third-order valence-corrected chi connectivity index (χ3v) is 2.91. The minimum atomic E-state index is -0.240. The molecule has 0 aliphatic rings. The van der Waals surface area contributed by atoms with Gasteiger partial charge in [-0.1, -0.05) is 0 Å². The second-order valence-corrected chi connectivity index (χ2v) is 4.50. The number of ether oxygens (including phenoxy) is 2. The van der Waals surface area contributed by atoms with Crippen LogP contribution in [0.3, 0.4) is 0 Å². The van der Waals surface area contributed by atoms with Gasteiger partial charge in [0, 0.05) is 11.3 Å². The fraction of sp³-hybridized carbons (Fsp3) is 0.250. The minimum absolute atomic E-state index is 0.240. The number of benzene rings is 2. The molecule has 0 saturated carbocycles. The van der Waals surface area contributed by atoms with Gasteiger partial charge in [0.05, 0.1) is 6.61 Å². The molecule has 2 aromatic rings. The molecule has 4 heteroatoms. The molecule has 0 spiro atoms. The average molecular weight is 275 g/mol. The molecule has 0 saturated heterocycles. The van der Waals surface area contributed by atoms with Crippen molar-refractivity contribution in [1.29, 1.82) is 0 Å². The first-order chi connectivity index (χ1) is 9.60. The lowest BCUT2D eigenvalue weighted by atomic mass is 10.2. The Morgan fingerprint density at radius 3 is 2.60 bits per heavy atom. The highest BCUT2D eigenvalue weighted by Crippen LogP contribution is 2.24. The summed E-state index contributed by atoms with van der Waals surface area (Å²) in [5, 5.41) is 0. The van der Waals surface area contributed by atoms with E-state index in [-0.39, 0.29) is 5.82 Å². The van der Waals surface area contributed by atoms with E-state index >= 15 is 0 Å². The smallest absolute Gasteiger partial charge is 0.126 e. The molecule has 0 radical (unpaired) electrons. The molecule has 0 heterocycles. The maximum Gasteiger partial charge on any atom is 0.126 e. The molecule has 0 aromatic heterocycles. The van der Waals surface area contributed by atoms with Crippen molar-refractivity contribution >= 4 is 5.69 Å². The summed E-state index contributed by atoms with van der Waals surface area (Å²) in [4.78, 5) is 0. The maximum absolute atomic E-state index is 13.2. The van der Waals surface area contributed by atoms with Gasteiger partial charge in [0.15, 0.2) is 0 Å². The Kier molecular flexibility index (Phi) is 4.45. The molecule has 106 valence electrons. The Balaban J connectivity index is 2.13. The predicted octanol–water partition coefficient (Wildman–Crippen LogP) is 3.69. The molecule has 2 aromatic carbocycles. The van der Waals surface area contributed by atoms with Crippen LogP contribution in [0.5, 0.6) is 11.5 Å². The number of nitrogens with two attached hydrogens (primary N) is 1. The normalized spacial score (nSPS) is 10.3. The third-order valence-electron chi connectivity index (χ3n) is 2.91. The van der Waals surface area contributed by atoms with Gasteiger partial charge in [0.25, 0.3) is 0 Å². The van der Waals surface area contributed by atoms with Crippen LogP contribution in [0, 0.1) is 12.7 Å². The molecule has 2 N–H and O–H groups in total. The van der Waals surface area contributed by atoms with Crippen LogP contribution >= 0.6 is 0 Å². The molecule has 0 aliphatic heterocycles. The molecule has 0 unspecified atom stereocenters. The molecule has 0 amide bonds. The SMILES string of the molecule is CCOc1ccc(N)cc1COc1ccc(F)c(C)c1. The van der Waals surface area contributed by atoms with E-state index in [1.165, 1.54) is 6.07 Å². The Morgan fingerprint density at radius 2 is 1.90 bits per heavy atom. The van der Waals surface area contributed by atoms with E-state index in [0.29, 0.717) is 30.2 Å². The molecule has 0 fully saturated rings. The Morgan fingerprint density at radius 1 is 1.10 bits per heavy atom. The van der Waals surface area contributed by atoms with Gasteiger partial charge in [-0.15, -0.1) is 0 Å². The van der Waals surface area contributed by atoms with E-state index in [9.17, 15) is 4.39 Å². The number of hydrogen-bond acceptors (Lipinski definition) is 3. The van der Waals surface area contributed by atoms with Gasteiger partial charge in [0.1, 0.15) is 23.9 Å². The molecule has 20 heavy (non-hydrogen) atoms. The first-order valence-electron chi connectivity index (χ1n) is 6.50. The zero-order chi connectivity index (χ0) is 14.5. The van der Waals surface area contributed by atoms with Crippen LogP contribution in [0.1, 0.15) is 18.1 Å². The van der Waals surface area contributed by atoms with Crippen LogP contribution in [0.4, 0.5) is 10.1 Å². The van der Waals surface area contributed by atoms with Crippen molar-refractivity contribution in [3.63, 3.8) is 0 Å². The number of anilines is 1. The van der Waals surface area contributed by atoms with Crippen molar-refractivity contribution in [3.05, 3.63) is 53.3 Å². The van der Waals surface area contributed by atoms with Crippen LogP contribution in [0.15, 0.2) is 36.4 Å². The summed E-state index contributed by atoms with van der Waals surface area (Å²) >= 11 is 0. The fourth-order valence-corrected chi connectivity index (χ4v) is 1.88. The van der Waals surface area contributed by atoms with Crippen LogP contribution < -0.4 is 15.2 Å².